The van der Waals surface area contributed by atoms with Gasteiger partial charge >= 0.3 is 6.03 Å². The molecule has 1 spiro atoms. The van der Waals surface area contributed by atoms with Crippen LogP contribution >= 0.6 is 0 Å². The molecule has 2 fully saturated rings. The van der Waals surface area contributed by atoms with Crippen molar-refractivity contribution in [1.82, 2.24) is 10.6 Å². The second-order valence-corrected chi connectivity index (χ2v) is 6.68. The van der Waals surface area contributed by atoms with Crippen LogP contribution in [-0.2, 0) is 16.8 Å². The van der Waals surface area contributed by atoms with Gasteiger partial charge in [-0.2, -0.15) is 0 Å². The highest BCUT2D eigenvalue weighted by Crippen LogP contribution is 2.46. The van der Waals surface area contributed by atoms with E-state index in [1.807, 2.05) is 24.3 Å². The third-order valence-electron chi connectivity index (χ3n) is 5.26. The minimum absolute atomic E-state index is 0.274. The van der Waals surface area contributed by atoms with Crippen LogP contribution in [0.4, 0.5) is 4.79 Å². The molecule has 114 valence electrons. The summed E-state index contributed by atoms with van der Waals surface area (Å²) in [5.74, 6) is 0.332. The van der Waals surface area contributed by atoms with Crippen LogP contribution in [0.15, 0.2) is 42.5 Å². The Hall–Kier alpha value is -2.62. The second kappa shape index (κ2) is 4.22. The maximum absolute atomic E-state index is 12.8. The minimum Gasteiger partial charge on any atom is -0.316 e. The molecule has 5 rings (SSSR count). The van der Waals surface area contributed by atoms with E-state index >= 15 is 0 Å². The number of nitrogens with one attached hydrogen (secondary N) is 2. The van der Waals surface area contributed by atoms with E-state index in [-0.39, 0.29) is 5.91 Å². The summed E-state index contributed by atoms with van der Waals surface area (Å²) in [7, 11) is 0. The van der Waals surface area contributed by atoms with Crippen molar-refractivity contribution in [2.24, 2.45) is 0 Å². The van der Waals surface area contributed by atoms with Gasteiger partial charge in [0.1, 0.15) is 0 Å². The van der Waals surface area contributed by atoms with Crippen LogP contribution in [0, 0.1) is 0 Å². The number of amides is 3. The fourth-order valence-corrected chi connectivity index (χ4v) is 3.99. The minimum atomic E-state index is -1.08. The molecule has 0 aromatic heterocycles. The Kier molecular flexibility index (Phi) is 2.36. The molecule has 3 amide bonds. The molecule has 3 aliphatic rings. The molecule has 1 aliphatic heterocycles. The number of carbonyl (C=O) groups excluding carboxylic acids is 2. The van der Waals surface area contributed by atoms with E-state index in [2.05, 4.69) is 28.8 Å². The van der Waals surface area contributed by atoms with E-state index in [0.29, 0.717) is 5.92 Å². The molecule has 0 radical (unpaired) electrons. The Balaban J connectivity index is 1.80. The standard InChI is InChI=1S/C19H16N2O2/c22-17-19(21-18(23)20-17)15-4-2-1-3-13(15)9-14-8-7-12(10-16(14)19)11-5-6-11/h1-4,7-8,10-11H,5-6,9H2,(H2,20,21,22,23). The van der Waals surface area contributed by atoms with Crippen molar-refractivity contribution < 1.29 is 9.59 Å². The molecular formula is C19H16N2O2. The van der Waals surface area contributed by atoms with Gasteiger partial charge in [0, 0.05) is 0 Å². The highest BCUT2D eigenvalue weighted by Gasteiger charge is 2.53. The molecule has 2 N–H and O–H groups in total. The van der Waals surface area contributed by atoms with Crippen LogP contribution < -0.4 is 10.6 Å². The third kappa shape index (κ3) is 1.66. The number of benzene rings is 2. The zero-order chi connectivity index (χ0) is 15.6. The summed E-state index contributed by atoms with van der Waals surface area (Å²) < 4.78 is 0. The first-order chi connectivity index (χ1) is 11.2. The van der Waals surface area contributed by atoms with Crippen LogP contribution in [0.2, 0.25) is 0 Å². The van der Waals surface area contributed by atoms with E-state index in [1.165, 1.54) is 18.4 Å². The van der Waals surface area contributed by atoms with E-state index in [0.717, 1.165) is 28.7 Å². The molecule has 1 saturated heterocycles. The molecule has 2 aromatic carbocycles. The van der Waals surface area contributed by atoms with E-state index in [9.17, 15) is 9.59 Å². The Bertz CT molecular complexity index is 869. The van der Waals surface area contributed by atoms with E-state index in [1.54, 1.807) is 0 Å². The summed E-state index contributed by atoms with van der Waals surface area (Å²) in [5, 5.41) is 5.35. The predicted octanol–water partition coefficient (Wildman–Crippen LogP) is 2.55. The summed E-state index contributed by atoms with van der Waals surface area (Å²) in [6, 6.07) is 13.9. The van der Waals surface area contributed by atoms with Gasteiger partial charge in [0.05, 0.1) is 0 Å². The average Bonchev–Trinajstić information content (AvgIpc) is 3.34. The quantitative estimate of drug-likeness (QED) is 0.796. The first kappa shape index (κ1) is 12.9. The van der Waals surface area contributed by atoms with Gasteiger partial charge in [0.2, 0.25) is 0 Å². The lowest BCUT2D eigenvalue weighted by molar-refractivity contribution is -0.123. The predicted molar refractivity (Wildman–Crippen MR) is 85.1 cm³/mol. The van der Waals surface area contributed by atoms with Crippen molar-refractivity contribution in [3.8, 4) is 0 Å². The second-order valence-electron chi connectivity index (χ2n) is 6.68. The molecule has 2 aliphatic carbocycles. The maximum atomic E-state index is 12.8. The van der Waals surface area contributed by atoms with Gasteiger partial charge in [0.15, 0.2) is 5.54 Å². The molecular weight excluding hydrogens is 288 g/mol. The van der Waals surface area contributed by atoms with Gasteiger partial charge in [0.25, 0.3) is 5.91 Å². The first-order valence-electron chi connectivity index (χ1n) is 8.04. The molecule has 1 heterocycles. The summed E-state index contributed by atoms with van der Waals surface area (Å²) in [5.41, 5.74) is 4.23. The van der Waals surface area contributed by atoms with Crippen molar-refractivity contribution in [2.75, 3.05) is 0 Å². The molecule has 4 nitrogen and oxygen atoms in total. The number of hydrogen-bond acceptors (Lipinski definition) is 2. The Morgan fingerprint density at radius 2 is 1.74 bits per heavy atom. The topological polar surface area (TPSA) is 58.2 Å². The third-order valence-corrected chi connectivity index (χ3v) is 5.26. The van der Waals surface area contributed by atoms with Gasteiger partial charge in [-0.1, -0.05) is 42.5 Å². The summed E-state index contributed by atoms with van der Waals surface area (Å²) in [4.78, 5) is 24.7. The molecule has 0 bridgehead atoms. The van der Waals surface area contributed by atoms with E-state index < -0.39 is 11.6 Å². The van der Waals surface area contributed by atoms with E-state index in [4.69, 9.17) is 0 Å². The van der Waals surface area contributed by atoms with Gasteiger partial charge in [-0.15, -0.1) is 0 Å². The lowest BCUT2D eigenvalue weighted by Gasteiger charge is -2.35. The highest BCUT2D eigenvalue weighted by atomic mass is 16.2. The van der Waals surface area contributed by atoms with Crippen molar-refractivity contribution in [3.63, 3.8) is 0 Å². The molecule has 4 heteroatoms. The van der Waals surface area contributed by atoms with Crippen molar-refractivity contribution in [1.29, 1.82) is 0 Å². The molecule has 23 heavy (non-hydrogen) atoms. The van der Waals surface area contributed by atoms with Gasteiger partial charge in [-0.05, 0) is 53.0 Å². The molecule has 1 saturated carbocycles. The maximum Gasteiger partial charge on any atom is 0.322 e. The van der Waals surface area contributed by atoms with Crippen molar-refractivity contribution >= 4 is 11.9 Å². The van der Waals surface area contributed by atoms with Crippen molar-refractivity contribution in [2.45, 2.75) is 30.7 Å². The van der Waals surface area contributed by atoms with Crippen LogP contribution in [0.3, 0.4) is 0 Å². The first-order valence-corrected chi connectivity index (χ1v) is 8.04. The molecule has 1 unspecified atom stereocenters. The number of rotatable bonds is 1. The molecule has 1 atom stereocenters. The fourth-order valence-electron chi connectivity index (χ4n) is 3.99. The monoisotopic (exact) mass is 304 g/mol. The van der Waals surface area contributed by atoms with Gasteiger partial charge in [-0.25, -0.2) is 4.79 Å². The summed E-state index contributed by atoms with van der Waals surface area (Å²) >= 11 is 0. The Labute approximate surface area is 133 Å². The Morgan fingerprint density at radius 1 is 0.957 bits per heavy atom. The van der Waals surface area contributed by atoms with Crippen LogP contribution in [-0.4, -0.2) is 11.9 Å². The Morgan fingerprint density at radius 3 is 2.48 bits per heavy atom. The fraction of sp³-hybridized carbons (Fsp3) is 0.263. The number of carbonyl (C=O) groups is 2. The van der Waals surface area contributed by atoms with Crippen LogP contribution in [0.5, 0.6) is 0 Å². The van der Waals surface area contributed by atoms with Crippen molar-refractivity contribution in [3.05, 3.63) is 70.3 Å². The normalized spacial score (nSPS) is 24.9. The zero-order valence-corrected chi connectivity index (χ0v) is 12.6. The zero-order valence-electron chi connectivity index (χ0n) is 12.6. The van der Waals surface area contributed by atoms with Gasteiger partial charge < -0.3 is 5.32 Å². The number of hydrogen-bond donors (Lipinski definition) is 2. The lowest BCUT2D eigenvalue weighted by atomic mass is 9.72. The lowest BCUT2D eigenvalue weighted by Crippen LogP contribution is -2.48. The summed E-state index contributed by atoms with van der Waals surface area (Å²) in [6.45, 7) is 0. The average molecular weight is 304 g/mol. The number of fused-ring (bicyclic) bond motifs is 4. The van der Waals surface area contributed by atoms with Gasteiger partial charge in [-0.3, -0.25) is 10.1 Å². The molecule has 2 aromatic rings. The van der Waals surface area contributed by atoms with Crippen LogP contribution in [0.1, 0.15) is 46.6 Å². The smallest absolute Gasteiger partial charge is 0.316 e. The SMILES string of the molecule is O=C1NC(=O)C2(N1)c1ccccc1Cc1ccc(C3CC3)cc12. The largest absolute Gasteiger partial charge is 0.322 e. The van der Waals surface area contributed by atoms with Crippen LogP contribution in [0.25, 0.3) is 0 Å². The number of imide groups is 1. The number of urea groups is 1. The summed E-state index contributed by atoms with van der Waals surface area (Å²) in [6.07, 6.45) is 3.21. The highest BCUT2D eigenvalue weighted by molar-refractivity contribution is 6.10.